The minimum absolute atomic E-state index is 0.169. The lowest BCUT2D eigenvalue weighted by atomic mass is 9.90. The Morgan fingerprint density at radius 1 is 1.02 bits per heavy atom. The second-order valence-electron chi connectivity index (χ2n) is 11.5. The van der Waals surface area contributed by atoms with Crippen LogP contribution in [-0.2, 0) is 4.79 Å². The standard InChI is InChI=1S/C37H36N4O5S/c1-7-39(8-2)35(43)31-22(4)38-37-41(33(31)32-28-15-10-9-12-24(28)16-17-29(32)46-6)34(42)30(47-37)20-26-18-21(3)40(23(26)5)27-14-11-13-25(19-27)36(44)45/h9-20,33H,7-8H2,1-6H3,(H,44,45)/b30-20+/t33-/m1/s1. The molecule has 1 aliphatic heterocycles. The summed E-state index contributed by atoms with van der Waals surface area (Å²) in [6, 6.07) is 19.7. The van der Waals surface area contributed by atoms with Crippen molar-refractivity contribution in [1.29, 1.82) is 0 Å². The van der Waals surface area contributed by atoms with Gasteiger partial charge in [0.15, 0.2) is 4.80 Å². The molecular weight excluding hydrogens is 612 g/mol. The molecule has 1 amide bonds. The van der Waals surface area contributed by atoms with E-state index in [0.29, 0.717) is 39.4 Å². The fraction of sp³-hybridized carbons (Fsp3) is 0.243. The largest absolute Gasteiger partial charge is 0.496 e. The first-order valence-corrected chi connectivity index (χ1v) is 16.3. The Kier molecular flexibility index (Phi) is 8.46. The highest BCUT2D eigenvalue weighted by Crippen LogP contribution is 2.40. The molecule has 1 N–H and O–H groups in total. The van der Waals surface area contributed by atoms with Crippen LogP contribution in [0.25, 0.3) is 22.5 Å². The van der Waals surface area contributed by atoms with E-state index in [4.69, 9.17) is 9.73 Å². The summed E-state index contributed by atoms with van der Waals surface area (Å²) in [5.41, 5.74) is 4.97. The van der Waals surface area contributed by atoms with E-state index >= 15 is 0 Å². The number of methoxy groups -OCH3 is 1. The highest BCUT2D eigenvalue weighted by atomic mass is 32.1. The van der Waals surface area contributed by atoms with Gasteiger partial charge in [0.1, 0.15) is 11.8 Å². The van der Waals surface area contributed by atoms with Crippen LogP contribution < -0.4 is 19.6 Å². The van der Waals surface area contributed by atoms with Crippen LogP contribution in [0, 0.1) is 13.8 Å². The average Bonchev–Trinajstić information content (AvgIpc) is 3.53. The molecular formula is C37H36N4O5S. The number of carbonyl (C=O) groups excluding carboxylic acids is 1. The molecule has 0 saturated heterocycles. The molecule has 10 heteroatoms. The van der Waals surface area contributed by atoms with Gasteiger partial charge in [-0.25, -0.2) is 9.79 Å². The summed E-state index contributed by atoms with van der Waals surface area (Å²) in [6.45, 7) is 10.6. The fourth-order valence-corrected chi connectivity index (χ4v) is 7.57. The molecule has 1 atom stereocenters. The molecule has 0 unspecified atom stereocenters. The number of nitrogens with zero attached hydrogens (tertiary/aromatic N) is 4. The number of thiazole rings is 1. The van der Waals surface area contributed by atoms with Crippen molar-refractivity contribution >= 4 is 40.1 Å². The predicted molar refractivity (Wildman–Crippen MR) is 184 cm³/mol. The minimum Gasteiger partial charge on any atom is -0.496 e. The fourth-order valence-electron chi connectivity index (χ4n) is 6.54. The minimum atomic E-state index is -0.998. The first kappa shape index (κ1) is 31.7. The number of carbonyl (C=O) groups is 2. The average molecular weight is 649 g/mol. The molecule has 47 heavy (non-hydrogen) atoms. The number of benzene rings is 3. The number of ether oxygens (including phenoxy) is 1. The first-order chi connectivity index (χ1) is 22.6. The predicted octanol–water partition coefficient (Wildman–Crippen LogP) is 5.37. The Balaban J connectivity index is 1.60. The zero-order valence-electron chi connectivity index (χ0n) is 27.2. The van der Waals surface area contributed by atoms with Crippen molar-refractivity contribution in [2.75, 3.05) is 20.2 Å². The van der Waals surface area contributed by atoms with E-state index < -0.39 is 12.0 Å². The van der Waals surface area contributed by atoms with Gasteiger partial charge in [0.05, 0.1) is 28.5 Å². The number of fused-ring (bicyclic) bond motifs is 2. The van der Waals surface area contributed by atoms with Gasteiger partial charge >= 0.3 is 5.97 Å². The topological polar surface area (TPSA) is 106 Å². The summed E-state index contributed by atoms with van der Waals surface area (Å²) in [6.07, 6.45) is 1.85. The molecule has 0 aliphatic carbocycles. The van der Waals surface area contributed by atoms with Crippen molar-refractivity contribution in [2.24, 2.45) is 4.99 Å². The molecule has 0 bridgehead atoms. The van der Waals surface area contributed by atoms with Crippen LogP contribution in [0.1, 0.15) is 59.7 Å². The molecule has 9 nitrogen and oxygen atoms in total. The quantitative estimate of drug-likeness (QED) is 0.244. The van der Waals surface area contributed by atoms with E-state index in [1.54, 1.807) is 34.8 Å². The Morgan fingerprint density at radius 2 is 1.77 bits per heavy atom. The summed E-state index contributed by atoms with van der Waals surface area (Å²) >= 11 is 1.28. The van der Waals surface area contributed by atoms with Gasteiger partial charge in [0.25, 0.3) is 11.5 Å². The second-order valence-corrected chi connectivity index (χ2v) is 12.5. The van der Waals surface area contributed by atoms with E-state index in [0.717, 1.165) is 39.0 Å². The Morgan fingerprint density at radius 3 is 2.47 bits per heavy atom. The maximum absolute atomic E-state index is 14.5. The SMILES string of the molecule is CCN(CC)C(=O)C1=C(C)N=c2s/c(=C/c3cc(C)n(-c4cccc(C(=O)O)c4)c3C)c(=O)n2[C@H]1c1c(OC)ccc2ccccc12. The Bertz CT molecular complexity index is 2290. The third-order valence-corrected chi connectivity index (χ3v) is 9.82. The molecule has 5 aromatic rings. The van der Waals surface area contributed by atoms with Crippen molar-refractivity contribution in [1.82, 2.24) is 14.0 Å². The van der Waals surface area contributed by atoms with Gasteiger partial charge in [0, 0.05) is 35.7 Å². The number of allylic oxidation sites excluding steroid dienone is 1. The number of aryl methyl sites for hydroxylation is 1. The molecule has 6 rings (SSSR count). The highest BCUT2D eigenvalue weighted by molar-refractivity contribution is 7.07. The normalized spacial score (nSPS) is 14.7. The van der Waals surface area contributed by atoms with Crippen LogP contribution >= 0.6 is 11.3 Å². The molecule has 3 aromatic carbocycles. The van der Waals surface area contributed by atoms with Gasteiger partial charge in [-0.1, -0.05) is 47.7 Å². The molecule has 2 aromatic heterocycles. The zero-order valence-corrected chi connectivity index (χ0v) is 28.0. The maximum atomic E-state index is 14.5. The first-order valence-electron chi connectivity index (χ1n) is 15.5. The van der Waals surface area contributed by atoms with Crippen LogP contribution in [0.2, 0.25) is 0 Å². The van der Waals surface area contributed by atoms with Crippen molar-refractivity contribution in [3.8, 4) is 11.4 Å². The lowest BCUT2D eigenvalue weighted by Gasteiger charge is -2.30. The van der Waals surface area contributed by atoms with Crippen LogP contribution in [0.15, 0.2) is 87.8 Å². The van der Waals surface area contributed by atoms with Crippen molar-refractivity contribution in [3.63, 3.8) is 0 Å². The van der Waals surface area contributed by atoms with Gasteiger partial charge in [-0.2, -0.15) is 0 Å². The number of likely N-dealkylation sites (N-methyl/N-ethyl adjacent to an activating group) is 1. The van der Waals surface area contributed by atoms with E-state index in [1.165, 1.54) is 11.3 Å². The molecule has 1 aliphatic rings. The summed E-state index contributed by atoms with van der Waals surface area (Å²) in [4.78, 5) is 47.5. The van der Waals surface area contributed by atoms with Gasteiger partial charge in [-0.05, 0) is 87.4 Å². The van der Waals surface area contributed by atoms with Crippen molar-refractivity contribution in [3.05, 3.63) is 126 Å². The number of carboxylic acid groups (broad SMARTS) is 1. The van der Waals surface area contributed by atoms with E-state index in [-0.39, 0.29) is 17.0 Å². The number of aromatic nitrogens is 2. The van der Waals surface area contributed by atoms with Gasteiger partial charge in [-0.3, -0.25) is 14.2 Å². The Labute approximate surface area is 276 Å². The number of aromatic carboxylic acids is 1. The summed E-state index contributed by atoms with van der Waals surface area (Å²) < 4.78 is 9.98. The van der Waals surface area contributed by atoms with Crippen LogP contribution in [-0.4, -0.2) is 51.2 Å². The van der Waals surface area contributed by atoms with E-state index in [1.807, 2.05) is 93.8 Å². The Hall–Kier alpha value is -5.22. The number of carboxylic acids is 1. The molecule has 3 heterocycles. The maximum Gasteiger partial charge on any atom is 0.335 e. The molecule has 240 valence electrons. The summed E-state index contributed by atoms with van der Waals surface area (Å²) in [7, 11) is 1.60. The van der Waals surface area contributed by atoms with Gasteiger partial charge < -0.3 is 19.3 Å². The van der Waals surface area contributed by atoms with Crippen molar-refractivity contribution in [2.45, 2.75) is 40.7 Å². The molecule has 0 spiro atoms. The third-order valence-electron chi connectivity index (χ3n) is 8.83. The van der Waals surface area contributed by atoms with Gasteiger partial charge in [0.2, 0.25) is 0 Å². The van der Waals surface area contributed by atoms with Crippen molar-refractivity contribution < 1.29 is 19.4 Å². The van der Waals surface area contributed by atoms with E-state index in [9.17, 15) is 19.5 Å². The molecule has 0 saturated carbocycles. The molecule has 0 fully saturated rings. The molecule has 0 radical (unpaired) electrons. The van der Waals surface area contributed by atoms with Crippen LogP contribution in [0.3, 0.4) is 0 Å². The van der Waals surface area contributed by atoms with Crippen LogP contribution in [0.5, 0.6) is 5.75 Å². The highest BCUT2D eigenvalue weighted by Gasteiger charge is 2.36. The zero-order chi connectivity index (χ0) is 33.6. The number of hydrogen-bond acceptors (Lipinski definition) is 6. The number of hydrogen-bond donors (Lipinski definition) is 1. The second kappa shape index (κ2) is 12.5. The van der Waals surface area contributed by atoms with Gasteiger partial charge in [-0.15, -0.1) is 0 Å². The summed E-state index contributed by atoms with van der Waals surface area (Å²) in [5.74, 6) is -0.588. The lowest BCUT2D eigenvalue weighted by Crippen LogP contribution is -2.43. The smallest absolute Gasteiger partial charge is 0.335 e. The van der Waals surface area contributed by atoms with Crippen LogP contribution in [0.4, 0.5) is 0 Å². The summed E-state index contributed by atoms with van der Waals surface area (Å²) in [5, 5.41) is 11.4. The lowest BCUT2D eigenvalue weighted by molar-refractivity contribution is -0.127. The third kappa shape index (κ3) is 5.38. The monoisotopic (exact) mass is 648 g/mol. The van der Waals surface area contributed by atoms with E-state index in [2.05, 4.69) is 0 Å². The number of rotatable bonds is 8. The number of amides is 1.